The van der Waals surface area contributed by atoms with E-state index in [2.05, 4.69) is 27.0 Å². The number of nitrogens with one attached hydrogen (secondary N) is 4. The van der Waals surface area contributed by atoms with Gasteiger partial charge in [0.05, 0.1) is 25.1 Å². The number of nitrogens with zero attached hydrogens (tertiary/aromatic N) is 1. The zero-order valence-corrected chi connectivity index (χ0v) is 19.8. The number of hydrogen-bond acceptors (Lipinski definition) is 7. The summed E-state index contributed by atoms with van der Waals surface area (Å²) < 4.78 is 19.1. The summed E-state index contributed by atoms with van der Waals surface area (Å²) in [6.07, 6.45) is 3.70. The van der Waals surface area contributed by atoms with Gasteiger partial charge in [-0.1, -0.05) is 12.1 Å². The number of methoxy groups -OCH3 is 1. The van der Waals surface area contributed by atoms with Gasteiger partial charge in [0.15, 0.2) is 11.6 Å². The highest BCUT2D eigenvalue weighted by molar-refractivity contribution is 6.19. The number of aromatic nitrogens is 1. The molecule has 0 radical (unpaired) electrons. The van der Waals surface area contributed by atoms with Gasteiger partial charge in [0, 0.05) is 37.1 Å². The molecular formula is C25H30FN5O4. The zero-order valence-electron chi connectivity index (χ0n) is 19.8. The molecule has 10 heteroatoms. The summed E-state index contributed by atoms with van der Waals surface area (Å²) >= 11 is 0. The Morgan fingerprint density at radius 2 is 2.14 bits per heavy atom. The quantitative estimate of drug-likeness (QED) is 0.188. The molecule has 35 heavy (non-hydrogen) atoms. The molecule has 1 atom stereocenters. The number of fused-ring (bicyclic) bond motifs is 1. The fourth-order valence-corrected chi connectivity index (χ4v) is 3.79. The van der Waals surface area contributed by atoms with E-state index < -0.39 is 30.2 Å². The van der Waals surface area contributed by atoms with E-state index in [0.717, 1.165) is 37.0 Å². The molecule has 1 aromatic carbocycles. The first-order valence-corrected chi connectivity index (χ1v) is 11.4. The van der Waals surface area contributed by atoms with Crippen LogP contribution in [0.1, 0.15) is 42.6 Å². The fourth-order valence-electron chi connectivity index (χ4n) is 3.79. The molecule has 9 nitrogen and oxygen atoms in total. The van der Waals surface area contributed by atoms with Crippen LogP contribution in [0.4, 0.5) is 10.2 Å². The molecule has 1 aliphatic rings. The van der Waals surface area contributed by atoms with E-state index in [1.807, 2.05) is 6.07 Å². The minimum absolute atomic E-state index is 0.00101. The van der Waals surface area contributed by atoms with Crippen LogP contribution in [0.2, 0.25) is 0 Å². The average Bonchev–Trinajstić information content (AvgIpc) is 2.82. The maximum absolute atomic E-state index is 14.2. The number of rotatable bonds is 11. The Balaban J connectivity index is 1.66. The number of carboxylic acids is 1. The summed E-state index contributed by atoms with van der Waals surface area (Å²) in [5.74, 6) is -1.53. The van der Waals surface area contributed by atoms with Gasteiger partial charge < -0.3 is 31.2 Å². The third kappa shape index (κ3) is 7.02. The summed E-state index contributed by atoms with van der Waals surface area (Å²) in [7, 11) is 1.32. The van der Waals surface area contributed by atoms with Crippen LogP contribution in [-0.2, 0) is 22.4 Å². The number of carbonyl (C=O) groups is 2. The first kappa shape index (κ1) is 25.7. The number of ether oxygens (including phenoxy) is 1. The van der Waals surface area contributed by atoms with E-state index in [-0.39, 0.29) is 22.6 Å². The molecule has 0 unspecified atom stereocenters. The van der Waals surface area contributed by atoms with Gasteiger partial charge in [-0.25, -0.2) is 9.37 Å². The molecule has 2 aromatic rings. The number of carbonyl (C=O) groups excluding carboxylic acids is 1. The largest absolute Gasteiger partial charge is 0.494 e. The number of halogens is 1. The second-order valence-corrected chi connectivity index (χ2v) is 8.25. The summed E-state index contributed by atoms with van der Waals surface area (Å²) in [5, 5.41) is 26.2. The topological polar surface area (TPSA) is 136 Å². The van der Waals surface area contributed by atoms with Crippen molar-refractivity contribution in [3.05, 3.63) is 64.7 Å². The lowest BCUT2D eigenvalue weighted by atomic mass is 10.0. The van der Waals surface area contributed by atoms with E-state index in [4.69, 9.17) is 10.1 Å². The normalized spacial score (nSPS) is 13.7. The van der Waals surface area contributed by atoms with Crippen molar-refractivity contribution < 1.29 is 23.8 Å². The second-order valence-electron chi connectivity index (χ2n) is 8.25. The Labute approximate surface area is 203 Å². The van der Waals surface area contributed by atoms with Gasteiger partial charge >= 0.3 is 5.97 Å². The first-order valence-electron chi connectivity index (χ1n) is 11.4. The minimum atomic E-state index is -1.16. The second kappa shape index (κ2) is 12.0. The number of benzene rings is 1. The summed E-state index contributed by atoms with van der Waals surface area (Å²) in [6.45, 7) is 2.86. The van der Waals surface area contributed by atoms with Crippen molar-refractivity contribution >= 4 is 23.4 Å². The van der Waals surface area contributed by atoms with Crippen LogP contribution in [0.15, 0.2) is 42.1 Å². The summed E-state index contributed by atoms with van der Waals surface area (Å²) in [4.78, 5) is 28.9. The molecule has 0 fully saturated rings. The number of carboxylic acid groups (broad SMARTS) is 1. The van der Waals surface area contributed by atoms with Crippen molar-refractivity contribution in [2.45, 2.75) is 38.6 Å². The Bertz CT molecular complexity index is 1130. The number of aryl methyl sites for hydroxylation is 1. The van der Waals surface area contributed by atoms with Crippen LogP contribution >= 0.6 is 0 Å². The maximum atomic E-state index is 14.2. The Kier molecular flexibility index (Phi) is 8.77. The Morgan fingerprint density at radius 1 is 1.34 bits per heavy atom. The summed E-state index contributed by atoms with van der Waals surface area (Å²) in [6, 6.07) is 7.06. The highest BCUT2D eigenvalue weighted by atomic mass is 19.1. The number of hydrogen-bond donors (Lipinski definition) is 5. The summed E-state index contributed by atoms with van der Waals surface area (Å²) in [5.41, 5.74) is 2.44. The molecule has 1 aliphatic heterocycles. The van der Waals surface area contributed by atoms with Crippen LogP contribution in [-0.4, -0.2) is 47.9 Å². The molecule has 0 aliphatic carbocycles. The van der Waals surface area contributed by atoms with Crippen molar-refractivity contribution in [3.63, 3.8) is 0 Å². The van der Waals surface area contributed by atoms with Crippen molar-refractivity contribution in [2.24, 2.45) is 0 Å². The fraction of sp³-hybridized carbons (Fsp3) is 0.360. The molecule has 3 rings (SSSR count). The number of aliphatic carboxylic acids is 1. The van der Waals surface area contributed by atoms with E-state index in [9.17, 15) is 19.1 Å². The van der Waals surface area contributed by atoms with Gasteiger partial charge in [0.25, 0.3) is 5.91 Å². The molecule has 0 saturated heterocycles. The molecule has 0 bridgehead atoms. The average molecular weight is 484 g/mol. The molecule has 186 valence electrons. The monoisotopic (exact) mass is 483 g/mol. The van der Waals surface area contributed by atoms with E-state index in [1.54, 1.807) is 0 Å². The smallest absolute Gasteiger partial charge is 0.305 e. The van der Waals surface area contributed by atoms with Gasteiger partial charge in [-0.15, -0.1) is 0 Å². The van der Waals surface area contributed by atoms with Crippen molar-refractivity contribution in [1.82, 2.24) is 15.6 Å². The highest BCUT2D eigenvalue weighted by Gasteiger charge is 2.22. The van der Waals surface area contributed by atoms with Crippen LogP contribution in [0.25, 0.3) is 0 Å². The standard InChI is InChI=1S/C25H30FN5O4/c1-15(27)19(14-28-11-9-18-7-5-16-4-3-10-29-24(16)30-18)25(34)31-21(13-23(32)33)17-6-8-22(35-2)20(26)12-17/h5-8,12,14,21,27-28H,3-4,9-11,13H2,1-2H3,(H,29,30)(H,31,34)(H,32,33)/b19-14+,27-15?/t21-/m0/s1. The molecule has 1 amide bonds. The van der Waals surface area contributed by atoms with Crippen molar-refractivity contribution in [3.8, 4) is 5.75 Å². The minimum Gasteiger partial charge on any atom is -0.494 e. The highest BCUT2D eigenvalue weighted by Crippen LogP contribution is 2.24. The molecular weight excluding hydrogens is 453 g/mol. The Hall–Kier alpha value is -3.95. The van der Waals surface area contributed by atoms with Gasteiger partial charge in [0.2, 0.25) is 0 Å². The van der Waals surface area contributed by atoms with Gasteiger partial charge in [-0.05, 0) is 49.1 Å². The van der Waals surface area contributed by atoms with E-state index in [0.29, 0.717) is 13.0 Å². The molecule has 1 aromatic heterocycles. The molecule has 2 heterocycles. The van der Waals surface area contributed by atoms with Gasteiger partial charge in [0.1, 0.15) is 5.82 Å². The Morgan fingerprint density at radius 3 is 2.83 bits per heavy atom. The number of anilines is 1. The van der Waals surface area contributed by atoms with Crippen LogP contribution in [0.3, 0.4) is 0 Å². The molecule has 0 saturated carbocycles. The lowest BCUT2D eigenvalue weighted by Gasteiger charge is -2.19. The van der Waals surface area contributed by atoms with Gasteiger partial charge in [-0.2, -0.15) is 0 Å². The zero-order chi connectivity index (χ0) is 25.4. The van der Waals surface area contributed by atoms with Gasteiger partial charge in [-0.3, -0.25) is 9.59 Å². The SMILES string of the molecule is COc1ccc([C@H](CC(=O)O)NC(=O)/C(=C/NCCc2ccc3c(n2)NCCC3)C(C)=N)cc1F. The predicted octanol–water partition coefficient (Wildman–Crippen LogP) is 2.98. The van der Waals surface area contributed by atoms with Crippen LogP contribution in [0.5, 0.6) is 5.75 Å². The first-order chi connectivity index (χ1) is 16.8. The number of pyridine rings is 1. The van der Waals surface area contributed by atoms with Crippen LogP contribution in [0, 0.1) is 11.2 Å². The third-order valence-electron chi connectivity index (χ3n) is 5.63. The van der Waals surface area contributed by atoms with Crippen LogP contribution < -0.4 is 20.7 Å². The third-order valence-corrected chi connectivity index (χ3v) is 5.63. The van der Waals surface area contributed by atoms with Crippen molar-refractivity contribution in [1.29, 1.82) is 5.41 Å². The maximum Gasteiger partial charge on any atom is 0.305 e. The predicted molar refractivity (Wildman–Crippen MR) is 130 cm³/mol. The molecule has 0 spiro atoms. The number of amides is 1. The molecule has 5 N–H and O–H groups in total. The lowest BCUT2D eigenvalue weighted by Crippen LogP contribution is -2.33. The lowest BCUT2D eigenvalue weighted by molar-refractivity contribution is -0.137. The van der Waals surface area contributed by atoms with E-state index >= 15 is 0 Å². The van der Waals surface area contributed by atoms with E-state index in [1.165, 1.54) is 37.9 Å². The van der Waals surface area contributed by atoms with Crippen molar-refractivity contribution in [2.75, 3.05) is 25.5 Å².